The predicted molar refractivity (Wildman–Crippen MR) is 51.2 cm³/mol. The lowest BCUT2D eigenvalue weighted by atomic mass is 10.3. The van der Waals surface area contributed by atoms with E-state index in [1.165, 1.54) is 17.2 Å². The van der Waals surface area contributed by atoms with Crippen molar-refractivity contribution < 1.29 is 9.84 Å². The van der Waals surface area contributed by atoms with Crippen molar-refractivity contribution in [1.82, 2.24) is 19.7 Å². The van der Waals surface area contributed by atoms with Gasteiger partial charge in [-0.25, -0.2) is 0 Å². The van der Waals surface area contributed by atoms with Gasteiger partial charge in [-0.1, -0.05) is 0 Å². The molecule has 0 aromatic carbocycles. The van der Waals surface area contributed by atoms with Crippen molar-refractivity contribution in [3.05, 3.63) is 30.4 Å². The highest BCUT2D eigenvalue weighted by Crippen LogP contribution is 2.20. The van der Waals surface area contributed by atoms with Crippen LogP contribution < -0.4 is 4.74 Å². The predicted octanol–water partition coefficient (Wildman–Crippen LogP) is 0.495. The first-order chi connectivity index (χ1) is 7.29. The number of rotatable bonds is 3. The molecule has 0 spiro atoms. The molecule has 0 saturated heterocycles. The first-order valence-electron chi connectivity index (χ1n) is 4.37. The summed E-state index contributed by atoms with van der Waals surface area (Å²) < 4.78 is 6.89. The minimum absolute atomic E-state index is 0.106. The van der Waals surface area contributed by atoms with E-state index in [1.807, 2.05) is 0 Å². The fourth-order valence-corrected chi connectivity index (χ4v) is 1.10. The molecule has 15 heavy (non-hydrogen) atoms. The highest BCUT2D eigenvalue weighted by molar-refractivity contribution is 5.30. The summed E-state index contributed by atoms with van der Waals surface area (Å²) in [5.41, 5.74) is 0.650. The Morgan fingerprint density at radius 2 is 2.40 bits per heavy atom. The van der Waals surface area contributed by atoms with Crippen LogP contribution in [0.4, 0.5) is 0 Å². The summed E-state index contributed by atoms with van der Waals surface area (Å²) in [5, 5.41) is 13.0. The summed E-state index contributed by atoms with van der Waals surface area (Å²) in [6.45, 7) is -0.106. The van der Waals surface area contributed by atoms with Crippen molar-refractivity contribution >= 4 is 0 Å². The highest BCUT2D eigenvalue weighted by atomic mass is 16.5. The van der Waals surface area contributed by atoms with Gasteiger partial charge in [-0.05, 0) is 6.07 Å². The lowest BCUT2D eigenvalue weighted by Gasteiger charge is -2.04. The zero-order valence-corrected chi connectivity index (χ0v) is 8.16. The molecule has 2 aromatic heterocycles. The van der Waals surface area contributed by atoms with E-state index in [9.17, 15) is 0 Å². The number of ether oxygens (including phenoxy) is 1. The maximum Gasteiger partial charge on any atom is 0.341 e. The van der Waals surface area contributed by atoms with Gasteiger partial charge in [-0.2, -0.15) is 4.98 Å². The Balaban J connectivity index is 2.23. The molecule has 0 atom stereocenters. The average Bonchev–Trinajstić information content (AvgIpc) is 2.65. The molecule has 0 amide bonds. The lowest BCUT2D eigenvalue weighted by Crippen LogP contribution is -1.94. The largest absolute Gasteiger partial charge is 0.421 e. The van der Waals surface area contributed by atoms with Gasteiger partial charge in [0.25, 0.3) is 0 Å². The van der Waals surface area contributed by atoms with Crippen LogP contribution in [-0.2, 0) is 13.7 Å². The van der Waals surface area contributed by atoms with E-state index in [-0.39, 0.29) is 12.6 Å². The molecule has 0 aliphatic rings. The van der Waals surface area contributed by atoms with E-state index in [0.717, 1.165) is 0 Å². The number of hydrogen-bond donors (Lipinski definition) is 1. The number of aliphatic hydroxyl groups excluding tert-OH is 1. The molecule has 1 N–H and O–H groups in total. The van der Waals surface area contributed by atoms with Gasteiger partial charge >= 0.3 is 6.01 Å². The molecule has 0 saturated carbocycles. The van der Waals surface area contributed by atoms with Gasteiger partial charge in [0.2, 0.25) is 0 Å². The summed E-state index contributed by atoms with van der Waals surface area (Å²) in [7, 11) is 1.75. The standard InChI is InChI=1S/C9H10N4O2/c1-13-6-11-9(12-13)15-8-4-10-3-2-7(8)5-14/h2-4,6,14H,5H2,1H3. The number of nitrogens with zero attached hydrogens (tertiary/aromatic N) is 4. The van der Waals surface area contributed by atoms with E-state index >= 15 is 0 Å². The number of aromatic nitrogens is 4. The minimum atomic E-state index is -0.106. The maximum atomic E-state index is 9.05. The molecule has 6 nitrogen and oxygen atoms in total. The van der Waals surface area contributed by atoms with E-state index in [2.05, 4.69) is 15.1 Å². The smallest absolute Gasteiger partial charge is 0.341 e. The van der Waals surface area contributed by atoms with Gasteiger partial charge in [0.1, 0.15) is 6.33 Å². The Labute approximate surface area is 86.2 Å². The first-order valence-corrected chi connectivity index (χ1v) is 4.37. The normalized spacial score (nSPS) is 10.3. The third-order valence-corrected chi connectivity index (χ3v) is 1.82. The van der Waals surface area contributed by atoms with Crippen LogP contribution in [0.2, 0.25) is 0 Å². The molecule has 0 aliphatic heterocycles. The second-order valence-electron chi connectivity index (χ2n) is 2.94. The molecule has 0 fully saturated rings. The van der Waals surface area contributed by atoms with Crippen LogP contribution in [0, 0.1) is 0 Å². The monoisotopic (exact) mass is 206 g/mol. The second kappa shape index (κ2) is 4.05. The van der Waals surface area contributed by atoms with Gasteiger partial charge in [0, 0.05) is 18.8 Å². The van der Waals surface area contributed by atoms with Crippen LogP contribution in [0.3, 0.4) is 0 Å². The first kappa shape index (κ1) is 9.60. The molecule has 2 aromatic rings. The highest BCUT2D eigenvalue weighted by Gasteiger charge is 2.06. The molecule has 2 rings (SSSR count). The van der Waals surface area contributed by atoms with Crippen LogP contribution in [-0.4, -0.2) is 24.9 Å². The molecule has 2 heterocycles. The Morgan fingerprint density at radius 3 is 3.07 bits per heavy atom. The lowest BCUT2D eigenvalue weighted by molar-refractivity contribution is 0.275. The molecule has 78 valence electrons. The van der Waals surface area contributed by atoms with Crippen molar-refractivity contribution in [2.75, 3.05) is 0 Å². The van der Waals surface area contributed by atoms with Gasteiger partial charge < -0.3 is 9.84 Å². The number of aryl methyl sites for hydroxylation is 1. The zero-order valence-electron chi connectivity index (χ0n) is 8.16. The maximum absolute atomic E-state index is 9.05. The minimum Gasteiger partial charge on any atom is -0.421 e. The Kier molecular flexibility index (Phi) is 2.59. The van der Waals surface area contributed by atoms with E-state index in [0.29, 0.717) is 11.3 Å². The summed E-state index contributed by atoms with van der Waals surface area (Å²) in [6.07, 6.45) is 4.64. The molecule has 0 radical (unpaired) electrons. The van der Waals surface area contributed by atoms with Gasteiger partial charge in [-0.15, -0.1) is 5.10 Å². The summed E-state index contributed by atoms with van der Waals surface area (Å²) >= 11 is 0. The molecule has 0 unspecified atom stereocenters. The molecular formula is C9H10N4O2. The second-order valence-corrected chi connectivity index (χ2v) is 2.94. The quantitative estimate of drug-likeness (QED) is 0.791. The van der Waals surface area contributed by atoms with Crippen molar-refractivity contribution in [3.63, 3.8) is 0 Å². The Morgan fingerprint density at radius 1 is 1.53 bits per heavy atom. The van der Waals surface area contributed by atoms with Crippen LogP contribution >= 0.6 is 0 Å². The van der Waals surface area contributed by atoms with Crippen LogP contribution in [0.5, 0.6) is 11.8 Å². The van der Waals surface area contributed by atoms with E-state index in [1.54, 1.807) is 19.3 Å². The molecule has 6 heteroatoms. The average molecular weight is 206 g/mol. The van der Waals surface area contributed by atoms with Gasteiger partial charge in [0.15, 0.2) is 5.75 Å². The fourth-order valence-electron chi connectivity index (χ4n) is 1.10. The topological polar surface area (TPSA) is 73.1 Å². The summed E-state index contributed by atoms with van der Waals surface area (Å²) in [5.74, 6) is 0.464. The van der Waals surface area contributed by atoms with Crippen LogP contribution in [0.25, 0.3) is 0 Å². The number of pyridine rings is 1. The van der Waals surface area contributed by atoms with E-state index in [4.69, 9.17) is 9.84 Å². The van der Waals surface area contributed by atoms with Crippen LogP contribution in [0.1, 0.15) is 5.56 Å². The Bertz CT molecular complexity index is 455. The third-order valence-electron chi connectivity index (χ3n) is 1.82. The summed E-state index contributed by atoms with van der Waals surface area (Å²) in [4.78, 5) is 7.80. The van der Waals surface area contributed by atoms with E-state index < -0.39 is 0 Å². The Hall–Kier alpha value is -1.95. The SMILES string of the molecule is Cn1cnc(Oc2cnccc2CO)n1. The van der Waals surface area contributed by atoms with Crippen molar-refractivity contribution in [2.24, 2.45) is 7.05 Å². The van der Waals surface area contributed by atoms with Crippen molar-refractivity contribution in [3.8, 4) is 11.8 Å². The summed E-state index contributed by atoms with van der Waals surface area (Å²) in [6, 6.07) is 1.92. The fraction of sp³-hybridized carbons (Fsp3) is 0.222. The van der Waals surface area contributed by atoms with Gasteiger partial charge in [-0.3, -0.25) is 9.67 Å². The van der Waals surface area contributed by atoms with Crippen molar-refractivity contribution in [1.29, 1.82) is 0 Å². The van der Waals surface area contributed by atoms with Crippen LogP contribution in [0.15, 0.2) is 24.8 Å². The van der Waals surface area contributed by atoms with Gasteiger partial charge in [0.05, 0.1) is 12.8 Å². The molecule has 0 bridgehead atoms. The zero-order chi connectivity index (χ0) is 10.7. The molecular weight excluding hydrogens is 196 g/mol. The third kappa shape index (κ3) is 2.10. The van der Waals surface area contributed by atoms with Crippen molar-refractivity contribution in [2.45, 2.75) is 6.61 Å². The molecule has 0 aliphatic carbocycles. The number of aliphatic hydroxyl groups is 1. The number of hydrogen-bond acceptors (Lipinski definition) is 5.